The van der Waals surface area contributed by atoms with Gasteiger partial charge in [0.1, 0.15) is 0 Å². The van der Waals surface area contributed by atoms with E-state index in [1.807, 2.05) is 0 Å². The summed E-state index contributed by atoms with van der Waals surface area (Å²) >= 11 is 0. The van der Waals surface area contributed by atoms with E-state index >= 15 is 0 Å². The Labute approximate surface area is 82.5 Å². The average Bonchev–Trinajstić information content (AvgIpc) is 2.17. The Morgan fingerprint density at radius 1 is 1.38 bits per heavy atom. The lowest BCUT2D eigenvalue weighted by Gasteiger charge is -2.35. The van der Waals surface area contributed by atoms with Crippen molar-refractivity contribution in [1.82, 2.24) is 4.90 Å². The molecule has 0 spiro atoms. The highest BCUT2D eigenvalue weighted by molar-refractivity contribution is 4.76. The van der Waals surface area contributed by atoms with Crippen LogP contribution in [0.2, 0.25) is 0 Å². The maximum atomic E-state index is 5.55. The van der Waals surface area contributed by atoms with Gasteiger partial charge in [-0.1, -0.05) is 13.3 Å². The maximum Gasteiger partial charge on any atom is 0.00957 e. The van der Waals surface area contributed by atoms with Gasteiger partial charge in [0.25, 0.3) is 0 Å². The molecule has 0 aromatic carbocycles. The Kier molecular flexibility index (Phi) is 5.40. The van der Waals surface area contributed by atoms with E-state index in [-0.39, 0.29) is 0 Å². The van der Waals surface area contributed by atoms with Crippen molar-refractivity contribution in [2.45, 2.75) is 51.5 Å². The van der Waals surface area contributed by atoms with Crippen molar-refractivity contribution in [1.29, 1.82) is 0 Å². The summed E-state index contributed by atoms with van der Waals surface area (Å²) in [5, 5.41) is 0. The third-order valence-electron chi connectivity index (χ3n) is 3.00. The summed E-state index contributed by atoms with van der Waals surface area (Å²) in [7, 11) is 0. The monoisotopic (exact) mass is 184 g/mol. The maximum absolute atomic E-state index is 5.55. The second-order valence-corrected chi connectivity index (χ2v) is 4.12. The van der Waals surface area contributed by atoms with E-state index in [1.165, 1.54) is 51.6 Å². The highest BCUT2D eigenvalue weighted by Crippen LogP contribution is 2.20. The predicted molar refractivity (Wildman–Crippen MR) is 57.8 cm³/mol. The van der Waals surface area contributed by atoms with Gasteiger partial charge in [-0.25, -0.2) is 0 Å². The van der Waals surface area contributed by atoms with Crippen LogP contribution in [-0.4, -0.2) is 30.6 Å². The normalized spacial score (nSPS) is 24.9. The van der Waals surface area contributed by atoms with Crippen LogP contribution in [0.15, 0.2) is 0 Å². The number of likely N-dealkylation sites (tertiary alicyclic amines) is 1. The summed E-state index contributed by atoms with van der Waals surface area (Å²) in [6.45, 7) is 5.74. The summed E-state index contributed by atoms with van der Waals surface area (Å²) < 4.78 is 0. The van der Waals surface area contributed by atoms with Crippen LogP contribution in [0.1, 0.15) is 45.4 Å². The number of nitrogens with zero attached hydrogens (tertiary/aromatic N) is 1. The molecule has 1 atom stereocenters. The fraction of sp³-hybridized carbons (Fsp3) is 1.00. The standard InChI is InChI=1S/C11H24N2/c1-2-9-13-10-4-3-6-11(13)7-5-8-12/h11H,2-10,12H2,1H3. The summed E-state index contributed by atoms with van der Waals surface area (Å²) in [5.41, 5.74) is 5.55. The molecule has 2 heteroatoms. The van der Waals surface area contributed by atoms with Crippen LogP contribution in [0.4, 0.5) is 0 Å². The number of piperidine rings is 1. The zero-order chi connectivity index (χ0) is 9.52. The lowest BCUT2D eigenvalue weighted by Crippen LogP contribution is -2.40. The SMILES string of the molecule is CCCN1CCCCC1CCCN. The molecular weight excluding hydrogens is 160 g/mol. The Bertz CT molecular complexity index is 123. The van der Waals surface area contributed by atoms with Gasteiger partial charge in [0, 0.05) is 6.04 Å². The van der Waals surface area contributed by atoms with E-state index in [0.717, 1.165) is 12.6 Å². The molecule has 0 saturated carbocycles. The van der Waals surface area contributed by atoms with Crippen LogP contribution in [0.5, 0.6) is 0 Å². The summed E-state index contributed by atoms with van der Waals surface area (Å²) in [6.07, 6.45) is 8.04. The van der Waals surface area contributed by atoms with Crippen molar-refractivity contribution in [2.24, 2.45) is 5.73 Å². The topological polar surface area (TPSA) is 29.3 Å². The summed E-state index contributed by atoms with van der Waals surface area (Å²) in [6, 6.07) is 0.845. The molecule has 2 nitrogen and oxygen atoms in total. The lowest BCUT2D eigenvalue weighted by atomic mass is 9.98. The van der Waals surface area contributed by atoms with E-state index in [9.17, 15) is 0 Å². The third kappa shape index (κ3) is 3.65. The zero-order valence-corrected chi connectivity index (χ0v) is 8.97. The Morgan fingerprint density at radius 3 is 2.92 bits per heavy atom. The van der Waals surface area contributed by atoms with Gasteiger partial charge in [0.05, 0.1) is 0 Å². The smallest absolute Gasteiger partial charge is 0.00957 e. The van der Waals surface area contributed by atoms with Gasteiger partial charge in [-0.3, -0.25) is 0 Å². The van der Waals surface area contributed by atoms with E-state index in [0.29, 0.717) is 0 Å². The first-order valence-electron chi connectivity index (χ1n) is 5.82. The van der Waals surface area contributed by atoms with Crippen molar-refractivity contribution in [3.8, 4) is 0 Å². The van der Waals surface area contributed by atoms with E-state index in [4.69, 9.17) is 5.73 Å². The molecule has 0 bridgehead atoms. The molecule has 78 valence electrons. The Balaban J connectivity index is 2.28. The molecule has 1 rings (SSSR count). The number of hydrogen-bond donors (Lipinski definition) is 1. The summed E-state index contributed by atoms with van der Waals surface area (Å²) in [4.78, 5) is 2.67. The second kappa shape index (κ2) is 6.39. The third-order valence-corrected chi connectivity index (χ3v) is 3.00. The largest absolute Gasteiger partial charge is 0.330 e. The van der Waals surface area contributed by atoms with E-state index in [2.05, 4.69) is 11.8 Å². The first kappa shape index (κ1) is 11.0. The highest BCUT2D eigenvalue weighted by Gasteiger charge is 2.20. The van der Waals surface area contributed by atoms with Crippen LogP contribution < -0.4 is 5.73 Å². The van der Waals surface area contributed by atoms with Crippen LogP contribution in [0, 0.1) is 0 Å². The van der Waals surface area contributed by atoms with Gasteiger partial charge in [0.2, 0.25) is 0 Å². The Hall–Kier alpha value is -0.0800. The molecule has 1 saturated heterocycles. The predicted octanol–water partition coefficient (Wildman–Crippen LogP) is 1.99. The fourth-order valence-corrected chi connectivity index (χ4v) is 2.32. The molecular formula is C11H24N2. The molecule has 0 aromatic rings. The fourth-order valence-electron chi connectivity index (χ4n) is 2.32. The van der Waals surface area contributed by atoms with Gasteiger partial charge in [-0.05, 0) is 51.7 Å². The van der Waals surface area contributed by atoms with Crippen molar-refractivity contribution >= 4 is 0 Å². The first-order valence-corrected chi connectivity index (χ1v) is 5.82. The van der Waals surface area contributed by atoms with Gasteiger partial charge < -0.3 is 10.6 Å². The van der Waals surface area contributed by atoms with Crippen LogP contribution >= 0.6 is 0 Å². The van der Waals surface area contributed by atoms with E-state index in [1.54, 1.807) is 0 Å². The molecule has 2 N–H and O–H groups in total. The van der Waals surface area contributed by atoms with Crippen LogP contribution in [0.3, 0.4) is 0 Å². The molecule has 1 heterocycles. The van der Waals surface area contributed by atoms with Gasteiger partial charge in [-0.15, -0.1) is 0 Å². The number of rotatable bonds is 5. The Morgan fingerprint density at radius 2 is 2.23 bits per heavy atom. The minimum absolute atomic E-state index is 0.845. The minimum Gasteiger partial charge on any atom is -0.330 e. The van der Waals surface area contributed by atoms with Gasteiger partial charge in [-0.2, -0.15) is 0 Å². The van der Waals surface area contributed by atoms with Gasteiger partial charge in [0.15, 0.2) is 0 Å². The quantitative estimate of drug-likeness (QED) is 0.708. The molecule has 0 radical (unpaired) electrons. The van der Waals surface area contributed by atoms with Crippen molar-refractivity contribution in [2.75, 3.05) is 19.6 Å². The molecule has 0 aromatic heterocycles. The molecule has 1 fully saturated rings. The van der Waals surface area contributed by atoms with Crippen molar-refractivity contribution < 1.29 is 0 Å². The average molecular weight is 184 g/mol. The number of nitrogens with two attached hydrogens (primary N) is 1. The summed E-state index contributed by atoms with van der Waals surface area (Å²) in [5.74, 6) is 0. The second-order valence-electron chi connectivity index (χ2n) is 4.12. The molecule has 0 aliphatic carbocycles. The highest BCUT2D eigenvalue weighted by atomic mass is 15.2. The minimum atomic E-state index is 0.845. The first-order chi connectivity index (χ1) is 6.38. The van der Waals surface area contributed by atoms with Crippen LogP contribution in [-0.2, 0) is 0 Å². The molecule has 13 heavy (non-hydrogen) atoms. The lowest BCUT2D eigenvalue weighted by molar-refractivity contribution is 0.139. The van der Waals surface area contributed by atoms with Crippen molar-refractivity contribution in [3.05, 3.63) is 0 Å². The van der Waals surface area contributed by atoms with Gasteiger partial charge >= 0.3 is 0 Å². The van der Waals surface area contributed by atoms with E-state index < -0.39 is 0 Å². The molecule has 1 unspecified atom stereocenters. The molecule has 1 aliphatic heterocycles. The van der Waals surface area contributed by atoms with Crippen molar-refractivity contribution in [3.63, 3.8) is 0 Å². The molecule has 0 amide bonds. The zero-order valence-electron chi connectivity index (χ0n) is 8.97. The van der Waals surface area contributed by atoms with Crippen LogP contribution in [0.25, 0.3) is 0 Å². The number of hydrogen-bond acceptors (Lipinski definition) is 2. The molecule has 1 aliphatic rings.